The van der Waals surface area contributed by atoms with Crippen LogP contribution >= 0.6 is 0 Å². The van der Waals surface area contributed by atoms with Crippen molar-refractivity contribution in [3.8, 4) is 22.4 Å². The van der Waals surface area contributed by atoms with Gasteiger partial charge in [0.05, 0.1) is 18.0 Å². The first kappa shape index (κ1) is 21.9. The molecule has 0 amide bonds. The predicted molar refractivity (Wildman–Crippen MR) is 129 cm³/mol. The van der Waals surface area contributed by atoms with E-state index in [0.29, 0.717) is 24.4 Å². The lowest BCUT2D eigenvalue weighted by molar-refractivity contribution is -0.142. The van der Waals surface area contributed by atoms with Gasteiger partial charge in [0, 0.05) is 23.6 Å². The molecular weight excluding hydrogens is 412 g/mol. The fourth-order valence-corrected chi connectivity index (χ4v) is 5.17. The standard InChI is InChI=1S/C28H32N2O3/c31-25(32)19-33-18-21-13-11-20(12-14-21)17-30-28(24-9-5-2-6-10-24)26(22-7-3-1-4-8-22)27(29-30)23-15-16-23/h1-10,20-21,23H,11-19H2,(H,31,32)/t20-,21-. The lowest BCUT2D eigenvalue weighted by Crippen LogP contribution is -2.23. The molecule has 1 N–H and O–H groups in total. The topological polar surface area (TPSA) is 64.3 Å². The molecule has 33 heavy (non-hydrogen) atoms. The Hall–Kier alpha value is -2.92. The summed E-state index contributed by atoms with van der Waals surface area (Å²) < 4.78 is 7.64. The van der Waals surface area contributed by atoms with E-state index in [1.54, 1.807) is 0 Å². The molecule has 1 aromatic heterocycles. The Bertz CT molecular complexity index is 1070. The zero-order valence-corrected chi connectivity index (χ0v) is 19.0. The molecule has 172 valence electrons. The second kappa shape index (κ2) is 9.92. The number of carbonyl (C=O) groups is 1. The van der Waals surface area contributed by atoms with E-state index in [-0.39, 0.29) is 6.61 Å². The molecule has 0 bridgehead atoms. The predicted octanol–water partition coefficient (Wildman–Crippen LogP) is 6.00. The molecule has 2 aliphatic carbocycles. The summed E-state index contributed by atoms with van der Waals surface area (Å²) in [6.07, 6.45) is 6.91. The number of benzene rings is 2. The van der Waals surface area contributed by atoms with Crippen molar-refractivity contribution in [1.82, 2.24) is 9.78 Å². The first-order chi connectivity index (χ1) is 16.2. The summed E-state index contributed by atoms with van der Waals surface area (Å²) in [4.78, 5) is 10.7. The number of ether oxygens (including phenoxy) is 1. The number of carboxylic acids is 1. The second-order valence-corrected chi connectivity index (χ2v) is 9.59. The molecule has 0 unspecified atom stereocenters. The van der Waals surface area contributed by atoms with Crippen LogP contribution in [0.25, 0.3) is 22.4 Å². The van der Waals surface area contributed by atoms with Crippen molar-refractivity contribution >= 4 is 5.97 Å². The molecule has 0 saturated heterocycles. The molecule has 1 heterocycles. The van der Waals surface area contributed by atoms with Crippen LogP contribution in [0.15, 0.2) is 60.7 Å². The molecule has 5 heteroatoms. The Kier molecular flexibility index (Phi) is 6.58. The summed E-state index contributed by atoms with van der Waals surface area (Å²) in [5.41, 5.74) is 6.29. The van der Waals surface area contributed by atoms with E-state index in [1.807, 2.05) is 0 Å². The molecule has 0 aliphatic heterocycles. The molecule has 5 nitrogen and oxygen atoms in total. The molecule has 2 aliphatic rings. The Morgan fingerprint density at radius 3 is 2.09 bits per heavy atom. The summed E-state index contributed by atoms with van der Waals surface area (Å²) in [7, 11) is 0. The molecule has 3 aromatic rings. The summed E-state index contributed by atoms with van der Waals surface area (Å²) in [6.45, 7) is 1.29. The number of hydrogen-bond donors (Lipinski definition) is 1. The lowest BCUT2D eigenvalue weighted by atomic mass is 9.82. The maximum absolute atomic E-state index is 10.7. The minimum atomic E-state index is -0.892. The van der Waals surface area contributed by atoms with Gasteiger partial charge < -0.3 is 9.84 Å². The van der Waals surface area contributed by atoms with Crippen LogP contribution in [0.2, 0.25) is 0 Å². The number of rotatable bonds is 9. The SMILES string of the molecule is O=C(O)COC[C@H]1CC[C@H](Cn2nc(C3CC3)c(-c3ccccc3)c2-c2ccccc2)CC1. The van der Waals surface area contributed by atoms with Crippen LogP contribution < -0.4 is 0 Å². The fraction of sp³-hybridized carbons (Fsp3) is 0.429. The van der Waals surface area contributed by atoms with Gasteiger partial charge in [-0.15, -0.1) is 0 Å². The lowest BCUT2D eigenvalue weighted by Gasteiger charge is -2.28. The molecule has 2 saturated carbocycles. The van der Waals surface area contributed by atoms with E-state index in [4.69, 9.17) is 14.9 Å². The smallest absolute Gasteiger partial charge is 0.329 e. The van der Waals surface area contributed by atoms with Crippen LogP contribution in [-0.4, -0.2) is 34.1 Å². The first-order valence-corrected chi connectivity index (χ1v) is 12.2. The van der Waals surface area contributed by atoms with Crippen molar-refractivity contribution in [3.05, 3.63) is 66.4 Å². The van der Waals surface area contributed by atoms with E-state index in [9.17, 15) is 4.79 Å². The van der Waals surface area contributed by atoms with Crippen molar-refractivity contribution in [2.75, 3.05) is 13.2 Å². The third kappa shape index (κ3) is 5.19. The third-order valence-electron chi connectivity index (χ3n) is 7.03. The fourth-order valence-electron chi connectivity index (χ4n) is 5.17. The molecule has 0 atom stereocenters. The monoisotopic (exact) mass is 444 g/mol. The van der Waals surface area contributed by atoms with E-state index in [2.05, 4.69) is 65.3 Å². The molecule has 2 aromatic carbocycles. The highest BCUT2D eigenvalue weighted by molar-refractivity contribution is 5.83. The van der Waals surface area contributed by atoms with Gasteiger partial charge >= 0.3 is 5.97 Å². The van der Waals surface area contributed by atoms with E-state index >= 15 is 0 Å². The van der Waals surface area contributed by atoms with Crippen molar-refractivity contribution < 1.29 is 14.6 Å². The quantitative estimate of drug-likeness (QED) is 0.439. The number of aromatic nitrogens is 2. The van der Waals surface area contributed by atoms with Gasteiger partial charge in [-0.2, -0.15) is 5.10 Å². The van der Waals surface area contributed by atoms with E-state index in [0.717, 1.165) is 32.2 Å². The number of nitrogens with zero attached hydrogens (tertiary/aromatic N) is 2. The largest absolute Gasteiger partial charge is 0.480 e. The molecule has 0 radical (unpaired) electrons. The van der Waals surface area contributed by atoms with Crippen LogP contribution in [0.4, 0.5) is 0 Å². The van der Waals surface area contributed by atoms with E-state index in [1.165, 1.54) is 40.9 Å². The second-order valence-electron chi connectivity index (χ2n) is 9.59. The first-order valence-electron chi connectivity index (χ1n) is 12.2. The zero-order valence-electron chi connectivity index (χ0n) is 19.0. The normalized spacial score (nSPS) is 20.6. The molecule has 0 spiro atoms. The van der Waals surface area contributed by atoms with Crippen molar-refractivity contribution in [2.45, 2.75) is 51.0 Å². The Balaban J connectivity index is 1.40. The number of hydrogen-bond acceptors (Lipinski definition) is 3. The minimum Gasteiger partial charge on any atom is -0.480 e. The summed E-state index contributed by atoms with van der Waals surface area (Å²) in [5, 5.41) is 14.0. The van der Waals surface area contributed by atoms with Crippen LogP contribution in [0.3, 0.4) is 0 Å². The summed E-state index contributed by atoms with van der Waals surface area (Å²) in [6, 6.07) is 21.4. The minimum absolute atomic E-state index is 0.195. The van der Waals surface area contributed by atoms with Crippen molar-refractivity contribution in [1.29, 1.82) is 0 Å². The van der Waals surface area contributed by atoms with E-state index < -0.39 is 5.97 Å². The third-order valence-corrected chi connectivity index (χ3v) is 7.03. The van der Waals surface area contributed by atoms with Gasteiger partial charge in [0.25, 0.3) is 0 Å². The zero-order chi connectivity index (χ0) is 22.6. The van der Waals surface area contributed by atoms with Gasteiger partial charge in [0.15, 0.2) is 0 Å². The maximum atomic E-state index is 10.7. The Morgan fingerprint density at radius 2 is 1.48 bits per heavy atom. The molecule has 2 fully saturated rings. The van der Waals surface area contributed by atoms with Crippen molar-refractivity contribution in [3.63, 3.8) is 0 Å². The Morgan fingerprint density at radius 1 is 0.879 bits per heavy atom. The molecular formula is C28H32N2O3. The molecule has 5 rings (SSSR count). The number of carboxylic acid groups (broad SMARTS) is 1. The average Bonchev–Trinajstić information content (AvgIpc) is 3.62. The van der Waals surface area contributed by atoms with Crippen LogP contribution in [0.1, 0.15) is 50.1 Å². The van der Waals surface area contributed by atoms with Gasteiger partial charge in [-0.3, -0.25) is 4.68 Å². The highest BCUT2D eigenvalue weighted by atomic mass is 16.5. The van der Waals surface area contributed by atoms with Crippen LogP contribution in [-0.2, 0) is 16.1 Å². The van der Waals surface area contributed by atoms with Gasteiger partial charge in [0.1, 0.15) is 6.61 Å². The van der Waals surface area contributed by atoms with Crippen LogP contribution in [0, 0.1) is 11.8 Å². The highest BCUT2D eigenvalue weighted by Crippen LogP contribution is 2.47. The van der Waals surface area contributed by atoms with Gasteiger partial charge in [-0.1, -0.05) is 60.7 Å². The summed E-state index contributed by atoms with van der Waals surface area (Å²) in [5.74, 6) is 0.731. The summed E-state index contributed by atoms with van der Waals surface area (Å²) >= 11 is 0. The average molecular weight is 445 g/mol. The van der Waals surface area contributed by atoms with Crippen molar-refractivity contribution in [2.24, 2.45) is 11.8 Å². The van der Waals surface area contributed by atoms with Gasteiger partial charge in [-0.25, -0.2) is 4.79 Å². The maximum Gasteiger partial charge on any atom is 0.329 e. The van der Waals surface area contributed by atoms with Crippen LogP contribution in [0.5, 0.6) is 0 Å². The highest BCUT2D eigenvalue weighted by Gasteiger charge is 2.33. The number of aliphatic carboxylic acids is 1. The van der Waals surface area contributed by atoms with Gasteiger partial charge in [-0.05, 0) is 55.9 Å². The Labute approximate surface area is 195 Å². The van der Waals surface area contributed by atoms with Gasteiger partial charge in [0.2, 0.25) is 0 Å².